The van der Waals surface area contributed by atoms with Crippen LogP contribution in [0.4, 0.5) is 5.13 Å². The molecule has 0 aliphatic carbocycles. The van der Waals surface area contributed by atoms with Crippen molar-refractivity contribution in [2.75, 3.05) is 18.9 Å². The molecule has 9 heteroatoms. The third-order valence-corrected chi connectivity index (χ3v) is 4.76. The number of benzene rings is 2. The van der Waals surface area contributed by atoms with Crippen LogP contribution in [0.25, 0.3) is 0 Å². The van der Waals surface area contributed by atoms with Gasteiger partial charge in [0.1, 0.15) is 16.5 Å². The van der Waals surface area contributed by atoms with E-state index < -0.39 is 0 Å². The number of aryl methyl sites for hydroxylation is 1. The average molecular weight is 426 g/mol. The van der Waals surface area contributed by atoms with Gasteiger partial charge in [0.15, 0.2) is 0 Å². The number of ether oxygens (including phenoxy) is 2. The minimum absolute atomic E-state index is 0.0746. The highest BCUT2D eigenvalue weighted by molar-refractivity contribution is 7.15. The van der Waals surface area contributed by atoms with Crippen LogP contribution in [0, 0.1) is 6.92 Å². The third kappa shape index (κ3) is 6.56. The molecule has 0 spiro atoms. The Kier molecular flexibility index (Phi) is 7.73. The molecular weight excluding hydrogens is 402 g/mol. The maximum atomic E-state index is 11.9. The number of hydrogen-bond acceptors (Lipinski definition) is 8. The van der Waals surface area contributed by atoms with Crippen LogP contribution in [0.1, 0.15) is 22.6 Å². The third-order valence-electron chi connectivity index (χ3n) is 4.00. The Bertz CT molecular complexity index is 1010. The molecule has 2 aromatic carbocycles. The molecule has 0 radical (unpaired) electrons. The van der Waals surface area contributed by atoms with Crippen LogP contribution in [0.3, 0.4) is 0 Å². The predicted molar refractivity (Wildman–Crippen MR) is 117 cm³/mol. The molecule has 3 N–H and O–H groups in total. The number of carbonyl (C=O) groups is 1. The molecule has 1 aromatic heterocycles. The van der Waals surface area contributed by atoms with Crippen molar-refractivity contribution < 1.29 is 14.3 Å². The summed E-state index contributed by atoms with van der Waals surface area (Å²) in [6.45, 7) is 3.08. The number of hydrogen-bond donors (Lipinski definition) is 2. The number of rotatable bonds is 10. The number of nitrogens with zero attached hydrogens (tertiary/aromatic N) is 3. The van der Waals surface area contributed by atoms with Gasteiger partial charge in [0.2, 0.25) is 11.0 Å². The maximum Gasteiger partial charge on any atom is 0.247 e. The number of aromatic nitrogens is 2. The number of carbonyl (C=O) groups excluding carboxylic acids is 1. The highest BCUT2D eigenvalue weighted by atomic mass is 32.1. The summed E-state index contributed by atoms with van der Waals surface area (Å²) in [6.07, 6.45) is 2.36. The number of para-hydroxylation sites is 2. The van der Waals surface area contributed by atoms with E-state index >= 15 is 0 Å². The van der Waals surface area contributed by atoms with E-state index in [1.54, 1.807) is 6.21 Å². The smallest absolute Gasteiger partial charge is 0.247 e. The van der Waals surface area contributed by atoms with Crippen molar-refractivity contribution in [1.82, 2.24) is 15.6 Å². The Hall–Kier alpha value is -3.46. The fraction of sp³-hybridized carbons (Fsp3) is 0.238. The van der Waals surface area contributed by atoms with Gasteiger partial charge in [-0.25, -0.2) is 5.43 Å². The molecule has 0 bridgehead atoms. The summed E-state index contributed by atoms with van der Waals surface area (Å²) in [6, 6.07) is 15.4. The molecule has 0 aliphatic rings. The molecule has 3 aromatic rings. The zero-order valence-corrected chi connectivity index (χ0v) is 17.4. The lowest BCUT2D eigenvalue weighted by molar-refractivity contribution is -0.120. The van der Waals surface area contributed by atoms with Crippen LogP contribution >= 0.6 is 11.3 Å². The molecule has 156 valence electrons. The highest BCUT2D eigenvalue weighted by Gasteiger charge is 2.07. The maximum absolute atomic E-state index is 11.9. The van der Waals surface area contributed by atoms with Crippen LogP contribution in [0.5, 0.6) is 11.5 Å². The summed E-state index contributed by atoms with van der Waals surface area (Å²) in [5.41, 5.74) is 9.84. The Morgan fingerprint density at radius 1 is 1.10 bits per heavy atom. The summed E-state index contributed by atoms with van der Waals surface area (Å²) < 4.78 is 11.6. The Balaban J connectivity index is 1.44. The van der Waals surface area contributed by atoms with Crippen molar-refractivity contribution in [3.8, 4) is 11.5 Å². The first-order chi connectivity index (χ1) is 14.6. The molecule has 1 amide bonds. The Morgan fingerprint density at radius 2 is 1.80 bits per heavy atom. The SMILES string of the molecule is Cc1ccccc1OCCCOc1ccccc1C=NNC(=O)Cc1nnc(N)s1. The van der Waals surface area contributed by atoms with Gasteiger partial charge >= 0.3 is 0 Å². The molecular formula is C21H23N5O3S. The highest BCUT2D eigenvalue weighted by Crippen LogP contribution is 2.18. The molecule has 0 aliphatic heterocycles. The van der Waals surface area contributed by atoms with Crippen molar-refractivity contribution in [3.63, 3.8) is 0 Å². The molecule has 0 fully saturated rings. The van der Waals surface area contributed by atoms with Crippen molar-refractivity contribution >= 4 is 28.6 Å². The van der Waals surface area contributed by atoms with Crippen LogP contribution in [0.2, 0.25) is 0 Å². The first-order valence-electron chi connectivity index (χ1n) is 9.42. The number of amides is 1. The molecule has 30 heavy (non-hydrogen) atoms. The normalized spacial score (nSPS) is 10.8. The van der Waals surface area contributed by atoms with E-state index in [2.05, 4.69) is 20.7 Å². The number of nitrogens with one attached hydrogen (secondary N) is 1. The Morgan fingerprint density at radius 3 is 2.53 bits per heavy atom. The quantitative estimate of drug-likeness (QED) is 0.293. The average Bonchev–Trinajstić information content (AvgIpc) is 3.14. The summed E-state index contributed by atoms with van der Waals surface area (Å²) in [7, 11) is 0. The van der Waals surface area contributed by atoms with Crippen LogP contribution in [0.15, 0.2) is 53.6 Å². The van der Waals surface area contributed by atoms with Crippen molar-refractivity contribution in [2.45, 2.75) is 19.8 Å². The number of hydrazone groups is 1. The van der Waals surface area contributed by atoms with Gasteiger partial charge in [-0.2, -0.15) is 5.10 Å². The first kappa shape index (κ1) is 21.3. The monoisotopic (exact) mass is 425 g/mol. The Labute approximate surface area is 178 Å². The second-order valence-corrected chi connectivity index (χ2v) is 7.45. The van der Waals surface area contributed by atoms with E-state index in [0.717, 1.165) is 23.3 Å². The fourth-order valence-corrected chi connectivity index (χ4v) is 3.16. The second kappa shape index (κ2) is 10.9. The molecule has 0 saturated carbocycles. The van der Waals surface area contributed by atoms with Gasteiger partial charge in [0.05, 0.1) is 25.8 Å². The zero-order chi connectivity index (χ0) is 21.2. The van der Waals surface area contributed by atoms with Gasteiger partial charge in [-0.3, -0.25) is 4.79 Å². The number of nitrogens with two attached hydrogens (primary N) is 1. The lowest BCUT2D eigenvalue weighted by Gasteiger charge is -2.11. The van der Waals surface area contributed by atoms with Gasteiger partial charge in [-0.1, -0.05) is 41.7 Å². The topological polar surface area (TPSA) is 112 Å². The van der Waals surface area contributed by atoms with Crippen molar-refractivity contribution in [3.05, 3.63) is 64.7 Å². The predicted octanol–water partition coefficient (Wildman–Crippen LogP) is 2.97. The second-order valence-electron chi connectivity index (χ2n) is 6.36. The van der Waals surface area contributed by atoms with E-state index in [0.29, 0.717) is 29.1 Å². The van der Waals surface area contributed by atoms with E-state index in [4.69, 9.17) is 15.2 Å². The zero-order valence-electron chi connectivity index (χ0n) is 16.6. The molecule has 0 saturated heterocycles. The van der Waals surface area contributed by atoms with Gasteiger partial charge in [0.25, 0.3) is 0 Å². The van der Waals surface area contributed by atoms with Crippen molar-refractivity contribution in [1.29, 1.82) is 0 Å². The van der Waals surface area contributed by atoms with Crippen LogP contribution < -0.4 is 20.6 Å². The molecule has 1 heterocycles. The lowest BCUT2D eigenvalue weighted by atomic mass is 10.2. The standard InChI is InChI=1S/C21H23N5O3S/c1-15-7-2-4-9-17(15)28-11-6-12-29-18-10-5-3-8-16(18)14-23-24-19(27)13-20-25-26-21(22)30-20/h2-5,7-10,14H,6,11-13H2,1H3,(H2,22,26)(H,24,27). The van der Waals surface area contributed by atoms with Gasteiger partial charge < -0.3 is 15.2 Å². The summed E-state index contributed by atoms with van der Waals surface area (Å²) in [5, 5.41) is 12.3. The molecule has 0 atom stereocenters. The van der Waals surface area contributed by atoms with E-state index in [9.17, 15) is 4.79 Å². The summed E-state index contributed by atoms with van der Waals surface area (Å²) in [5.74, 6) is 1.27. The fourth-order valence-electron chi connectivity index (χ4n) is 2.55. The van der Waals surface area contributed by atoms with Gasteiger partial charge in [-0.05, 0) is 30.7 Å². The van der Waals surface area contributed by atoms with Gasteiger partial charge in [0, 0.05) is 12.0 Å². The largest absolute Gasteiger partial charge is 0.493 e. The van der Waals surface area contributed by atoms with Crippen molar-refractivity contribution in [2.24, 2.45) is 5.10 Å². The van der Waals surface area contributed by atoms with Crippen LogP contribution in [-0.4, -0.2) is 35.5 Å². The van der Waals surface area contributed by atoms with E-state index in [1.165, 1.54) is 11.3 Å². The van der Waals surface area contributed by atoms with E-state index in [1.807, 2.05) is 55.5 Å². The van der Waals surface area contributed by atoms with Crippen LogP contribution in [-0.2, 0) is 11.2 Å². The molecule has 3 rings (SSSR count). The molecule has 8 nitrogen and oxygen atoms in total. The minimum atomic E-state index is -0.297. The lowest BCUT2D eigenvalue weighted by Crippen LogP contribution is -2.19. The number of anilines is 1. The summed E-state index contributed by atoms with van der Waals surface area (Å²) >= 11 is 1.17. The van der Waals surface area contributed by atoms with E-state index in [-0.39, 0.29) is 12.3 Å². The molecule has 0 unspecified atom stereocenters. The van der Waals surface area contributed by atoms with Gasteiger partial charge in [-0.15, -0.1) is 10.2 Å². The minimum Gasteiger partial charge on any atom is -0.493 e. The summed E-state index contributed by atoms with van der Waals surface area (Å²) in [4.78, 5) is 11.9. The number of nitrogen functional groups attached to an aromatic ring is 1. The first-order valence-corrected chi connectivity index (χ1v) is 10.2.